The van der Waals surface area contributed by atoms with E-state index in [1.807, 2.05) is 19.1 Å². The zero-order valence-corrected chi connectivity index (χ0v) is 17.6. The van der Waals surface area contributed by atoms with Crippen molar-refractivity contribution in [2.45, 2.75) is 65.7 Å². The number of benzene rings is 2. The topological polar surface area (TPSA) is 32.3 Å². The van der Waals surface area contributed by atoms with Gasteiger partial charge in [-0.1, -0.05) is 64.4 Å². The normalized spacial score (nSPS) is 12.9. The molecule has 2 N–H and O–H groups in total. The molecule has 0 aliphatic heterocycles. The molecule has 0 aliphatic carbocycles. The number of hydrogen-bond donors (Lipinski definition) is 2. The predicted molar refractivity (Wildman–Crippen MR) is 112 cm³/mol. The van der Waals surface area contributed by atoms with Crippen molar-refractivity contribution in [3.63, 3.8) is 0 Å². The third kappa shape index (κ3) is 5.30. The average molecular weight is 357 g/mol. The summed E-state index contributed by atoms with van der Waals surface area (Å²) in [6, 6.07) is 12.8. The Hall–Kier alpha value is -1.37. The molecule has 0 heterocycles. The number of aromatic hydroxyl groups is 1. The molecular formula is C22H32NOP. The van der Waals surface area contributed by atoms with Crippen molar-refractivity contribution in [1.29, 1.82) is 0 Å². The fourth-order valence-electron chi connectivity index (χ4n) is 2.92. The lowest BCUT2D eigenvalue weighted by Gasteiger charge is -2.29. The van der Waals surface area contributed by atoms with Crippen LogP contribution in [0.5, 0.6) is 5.75 Å². The lowest BCUT2D eigenvalue weighted by atomic mass is 9.99. The number of hydrogen-bond acceptors (Lipinski definition) is 2. The Morgan fingerprint density at radius 2 is 1.68 bits per heavy atom. The van der Waals surface area contributed by atoms with Gasteiger partial charge in [-0.25, -0.2) is 0 Å². The van der Waals surface area contributed by atoms with E-state index >= 15 is 0 Å². The summed E-state index contributed by atoms with van der Waals surface area (Å²) < 4.78 is 0. The van der Waals surface area contributed by atoms with Gasteiger partial charge in [0, 0.05) is 22.8 Å². The number of aryl methyl sites for hydroxylation is 2. The largest absolute Gasteiger partial charge is 0.507 e. The SMILES string of the molecule is Cc1ccc(PC(C)(C)c2cccc(C)c2O)c(CNC(C)(C)C)c1. The van der Waals surface area contributed by atoms with Gasteiger partial charge in [0.25, 0.3) is 0 Å². The summed E-state index contributed by atoms with van der Waals surface area (Å²) in [7, 11) is 0.590. The first-order chi connectivity index (χ1) is 11.5. The summed E-state index contributed by atoms with van der Waals surface area (Å²) in [6.45, 7) is 16.0. The van der Waals surface area contributed by atoms with E-state index in [2.05, 4.69) is 71.1 Å². The van der Waals surface area contributed by atoms with E-state index in [-0.39, 0.29) is 10.7 Å². The van der Waals surface area contributed by atoms with Crippen LogP contribution in [0, 0.1) is 13.8 Å². The molecule has 25 heavy (non-hydrogen) atoms. The molecule has 0 bridgehead atoms. The number of rotatable bonds is 5. The van der Waals surface area contributed by atoms with Crippen LogP contribution >= 0.6 is 8.58 Å². The van der Waals surface area contributed by atoms with Crippen LogP contribution in [0.3, 0.4) is 0 Å². The summed E-state index contributed by atoms with van der Waals surface area (Å²) in [5.74, 6) is 0.432. The Balaban J connectivity index is 2.33. The van der Waals surface area contributed by atoms with E-state index in [0.29, 0.717) is 14.3 Å². The van der Waals surface area contributed by atoms with Crippen molar-refractivity contribution < 1.29 is 5.11 Å². The van der Waals surface area contributed by atoms with Crippen molar-refractivity contribution in [1.82, 2.24) is 5.32 Å². The molecule has 1 atom stereocenters. The molecule has 2 aromatic carbocycles. The van der Waals surface area contributed by atoms with E-state index < -0.39 is 0 Å². The lowest BCUT2D eigenvalue weighted by Crippen LogP contribution is -2.36. The van der Waals surface area contributed by atoms with Crippen molar-refractivity contribution in [3.05, 3.63) is 58.7 Å². The van der Waals surface area contributed by atoms with Crippen molar-refractivity contribution in [2.24, 2.45) is 0 Å². The molecule has 0 aliphatic rings. The van der Waals surface area contributed by atoms with Gasteiger partial charge in [0.1, 0.15) is 5.75 Å². The quantitative estimate of drug-likeness (QED) is 0.727. The summed E-state index contributed by atoms with van der Waals surface area (Å²) in [6.07, 6.45) is 0. The van der Waals surface area contributed by atoms with Crippen LogP contribution in [-0.4, -0.2) is 10.6 Å². The minimum atomic E-state index is -0.109. The van der Waals surface area contributed by atoms with E-state index in [0.717, 1.165) is 17.7 Å². The maximum absolute atomic E-state index is 10.5. The zero-order valence-electron chi connectivity index (χ0n) is 16.6. The summed E-state index contributed by atoms with van der Waals surface area (Å²) in [5.41, 5.74) is 4.70. The zero-order chi connectivity index (χ0) is 18.8. The maximum atomic E-state index is 10.5. The molecular weight excluding hydrogens is 325 g/mol. The molecule has 0 saturated carbocycles. The number of nitrogens with one attached hydrogen (secondary N) is 1. The van der Waals surface area contributed by atoms with Crippen LogP contribution in [0.2, 0.25) is 0 Å². The molecule has 0 aromatic heterocycles. The lowest BCUT2D eigenvalue weighted by molar-refractivity contribution is 0.425. The standard InChI is InChI=1S/C22H32NOP/c1-15-11-12-19(17(13-15)14-23-21(3,4)5)25-22(6,7)18-10-8-9-16(2)20(18)24/h8-13,23-25H,14H2,1-7H3. The number of phenols is 1. The molecule has 2 rings (SSSR count). The van der Waals surface area contributed by atoms with Gasteiger partial charge in [-0.2, -0.15) is 0 Å². The first-order valence-corrected chi connectivity index (χ1v) is 9.91. The van der Waals surface area contributed by atoms with Gasteiger partial charge < -0.3 is 10.4 Å². The van der Waals surface area contributed by atoms with Crippen LogP contribution in [0.25, 0.3) is 0 Å². The van der Waals surface area contributed by atoms with Crippen LogP contribution in [-0.2, 0) is 11.7 Å². The third-order valence-electron chi connectivity index (χ3n) is 4.43. The first-order valence-electron chi connectivity index (χ1n) is 8.91. The summed E-state index contributed by atoms with van der Waals surface area (Å²) >= 11 is 0. The third-order valence-corrected chi connectivity index (χ3v) is 6.08. The van der Waals surface area contributed by atoms with E-state index in [4.69, 9.17) is 0 Å². The highest BCUT2D eigenvalue weighted by Gasteiger charge is 2.26. The molecule has 2 aromatic rings. The molecule has 1 unspecified atom stereocenters. The Morgan fingerprint density at radius 3 is 2.32 bits per heavy atom. The van der Waals surface area contributed by atoms with Gasteiger partial charge in [0.2, 0.25) is 0 Å². The monoisotopic (exact) mass is 357 g/mol. The van der Waals surface area contributed by atoms with Crippen LogP contribution < -0.4 is 10.6 Å². The molecule has 136 valence electrons. The molecule has 0 spiro atoms. The molecule has 3 heteroatoms. The average Bonchev–Trinajstić information content (AvgIpc) is 2.49. The highest BCUT2D eigenvalue weighted by Crippen LogP contribution is 2.45. The first kappa shape index (κ1) is 19.9. The Morgan fingerprint density at radius 1 is 1.00 bits per heavy atom. The molecule has 0 radical (unpaired) electrons. The van der Waals surface area contributed by atoms with Crippen LogP contribution in [0.4, 0.5) is 0 Å². The van der Waals surface area contributed by atoms with Crippen molar-refractivity contribution in [2.75, 3.05) is 0 Å². The van der Waals surface area contributed by atoms with E-state index in [9.17, 15) is 5.11 Å². The number of para-hydroxylation sites is 1. The van der Waals surface area contributed by atoms with E-state index in [1.54, 1.807) is 0 Å². The molecule has 0 fully saturated rings. The highest BCUT2D eigenvalue weighted by atomic mass is 31.1. The van der Waals surface area contributed by atoms with Gasteiger partial charge in [-0.3, -0.25) is 0 Å². The highest BCUT2D eigenvalue weighted by molar-refractivity contribution is 7.48. The molecule has 2 nitrogen and oxygen atoms in total. The second-order valence-electron chi connectivity index (χ2n) is 8.49. The van der Waals surface area contributed by atoms with Crippen LogP contribution in [0.15, 0.2) is 36.4 Å². The molecule has 0 saturated heterocycles. The predicted octanol–water partition coefficient (Wildman–Crippen LogP) is 5.14. The summed E-state index contributed by atoms with van der Waals surface area (Å²) in [5, 5.41) is 15.4. The van der Waals surface area contributed by atoms with E-state index in [1.165, 1.54) is 16.4 Å². The molecule has 0 amide bonds. The second-order valence-corrected chi connectivity index (χ2v) is 10.5. The van der Waals surface area contributed by atoms with Gasteiger partial charge in [-0.05, 0) is 51.1 Å². The minimum Gasteiger partial charge on any atom is -0.507 e. The maximum Gasteiger partial charge on any atom is 0.122 e. The smallest absolute Gasteiger partial charge is 0.122 e. The van der Waals surface area contributed by atoms with Crippen molar-refractivity contribution >= 4 is 13.9 Å². The Bertz CT molecular complexity index is 744. The Labute approximate surface area is 154 Å². The van der Waals surface area contributed by atoms with Crippen molar-refractivity contribution in [3.8, 4) is 5.75 Å². The fourth-order valence-corrected chi connectivity index (χ4v) is 4.42. The minimum absolute atomic E-state index is 0.0917. The van der Waals surface area contributed by atoms with Gasteiger partial charge >= 0.3 is 0 Å². The Kier molecular flexibility index (Phi) is 5.97. The van der Waals surface area contributed by atoms with Gasteiger partial charge in [0.05, 0.1) is 0 Å². The van der Waals surface area contributed by atoms with Crippen LogP contribution in [0.1, 0.15) is 56.9 Å². The number of phenolic OH excluding ortho intramolecular Hbond substituents is 1. The fraction of sp³-hybridized carbons (Fsp3) is 0.455. The second kappa shape index (κ2) is 7.48. The van der Waals surface area contributed by atoms with Gasteiger partial charge in [0.15, 0.2) is 0 Å². The summed E-state index contributed by atoms with van der Waals surface area (Å²) in [4.78, 5) is 0. The van der Waals surface area contributed by atoms with Gasteiger partial charge in [-0.15, -0.1) is 0 Å².